The lowest BCUT2D eigenvalue weighted by molar-refractivity contribution is -0.124. The number of anilines is 1. The van der Waals surface area contributed by atoms with E-state index in [9.17, 15) is 14.4 Å². The molecular weight excluding hydrogens is 324 g/mol. The SMILES string of the molecule is O=C(NC(=O)N1C(=O)Cc2cc3c(cc21)OCCO3)C1CCCCC1. The monoisotopic (exact) mass is 344 g/mol. The van der Waals surface area contributed by atoms with Crippen molar-refractivity contribution in [3.63, 3.8) is 0 Å². The molecule has 4 rings (SSSR count). The molecule has 0 radical (unpaired) electrons. The Labute approximate surface area is 145 Å². The molecule has 7 heteroatoms. The van der Waals surface area contributed by atoms with Gasteiger partial charge in [0.2, 0.25) is 11.8 Å². The second-order valence-electron chi connectivity index (χ2n) is 6.66. The number of hydrogen-bond donors (Lipinski definition) is 1. The molecule has 4 amide bonds. The van der Waals surface area contributed by atoms with Gasteiger partial charge in [0.05, 0.1) is 12.1 Å². The van der Waals surface area contributed by atoms with Gasteiger partial charge >= 0.3 is 6.03 Å². The fraction of sp³-hybridized carbons (Fsp3) is 0.500. The first-order chi connectivity index (χ1) is 12.1. The molecule has 0 aromatic heterocycles. The minimum Gasteiger partial charge on any atom is -0.486 e. The number of benzene rings is 1. The van der Waals surface area contributed by atoms with E-state index in [4.69, 9.17) is 9.47 Å². The van der Waals surface area contributed by atoms with Crippen molar-refractivity contribution < 1.29 is 23.9 Å². The summed E-state index contributed by atoms with van der Waals surface area (Å²) in [4.78, 5) is 38.2. The van der Waals surface area contributed by atoms with Crippen molar-refractivity contribution in [3.05, 3.63) is 17.7 Å². The highest BCUT2D eigenvalue weighted by atomic mass is 16.6. The van der Waals surface area contributed by atoms with E-state index in [-0.39, 0.29) is 24.2 Å². The van der Waals surface area contributed by atoms with Crippen LogP contribution in [-0.4, -0.2) is 31.1 Å². The highest BCUT2D eigenvalue weighted by molar-refractivity contribution is 6.21. The Morgan fingerprint density at radius 3 is 2.44 bits per heavy atom. The van der Waals surface area contributed by atoms with Gasteiger partial charge in [-0.25, -0.2) is 9.69 Å². The molecule has 1 aromatic carbocycles. The number of carbonyl (C=O) groups excluding carboxylic acids is 3. The lowest BCUT2D eigenvalue weighted by atomic mass is 9.89. The summed E-state index contributed by atoms with van der Waals surface area (Å²) < 4.78 is 11.0. The normalized spacial score (nSPS) is 19.5. The van der Waals surface area contributed by atoms with Crippen LogP contribution in [0.15, 0.2) is 12.1 Å². The van der Waals surface area contributed by atoms with Crippen LogP contribution in [0.3, 0.4) is 0 Å². The van der Waals surface area contributed by atoms with Crippen LogP contribution in [0, 0.1) is 5.92 Å². The zero-order valence-corrected chi connectivity index (χ0v) is 13.9. The Morgan fingerprint density at radius 2 is 1.72 bits per heavy atom. The van der Waals surface area contributed by atoms with Crippen LogP contribution in [0.1, 0.15) is 37.7 Å². The number of rotatable bonds is 1. The van der Waals surface area contributed by atoms with Crippen molar-refractivity contribution in [1.82, 2.24) is 5.32 Å². The van der Waals surface area contributed by atoms with Gasteiger partial charge in [-0.05, 0) is 24.5 Å². The molecule has 0 bridgehead atoms. The highest BCUT2D eigenvalue weighted by Gasteiger charge is 2.36. The largest absolute Gasteiger partial charge is 0.486 e. The van der Waals surface area contributed by atoms with Gasteiger partial charge in [-0.15, -0.1) is 0 Å². The Balaban J connectivity index is 1.53. The molecule has 1 saturated carbocycles. The third-order valence-electron chi connectivity index (χ3n) is 4.98. The first kappa shape index (κ1) is 15.9. The predicted octanol–water partition coefficient (Wildman–Crippen LogP) is 2.16. The van der Waals surface area contributed by atoms with E-state index in [1.807, 2.05) is 0 Å². The quantitative estimate of drug-likeness (QED) is 0.844. The number of amides is 4. The summed E-state index contributed by atoms with van der Waals surface area (Å²) in [6.07, 6.45) is 4.83. The minimum absolute atomic E-state index is 0.108. The number of hydrogen-bond acceptors (Lipinski definition) is 5. The summed E-state index contributed by atoms with van der Waals surface area (Å²) in [6.45, 7) is 0.881. The molecule has 3 aliphatic rings. The Kier molecular flexibility index (Phi) is 4.07. The van der Waals surface area contributed by atoms with Crippen LogP contribution < -0.4 is 19.7 Å². The molecule has 0 saturated heterocycles. The molecule has 1 aromatic rings. The zero-order valence-electron chi connectivity index (χ0n) is 13.9. The predicted molar refractivity (Wildman–Crippen MR) is 88.7 cm³/mol. The van der Waals surface area contributed by atoms with Crippen LogP contribution in [0.4, 0.5) is 10.5 Å². The first-order valence-electron chi connectivity index (χ1n) is 8.74. The molecule has 132 valence electrons. The van der Waals surface area contributed by atoms with E-state index in [0.29, 0.717) is 36.0 Å². The molecule has 1 N–H and O–H groups in total. The standard InChI is InChI=1S/C18H20N2O5/c21-16-9-12-8-14-15(25-7-6-24-14)10-13(12)20(16)18(23)19-17(22)11-4-2-1-3-5-11/h8,10-11H,1-7,9H2,(H,19,22,23). The topological polar surface area (TPSA) is 84.9 Å². The van der Waals surface area contributed by atoms with Crippen LogP contribution in [0.5, 0.6) is 11.5 Å². The van der Waals surface area contributed by atoms with E-state index in [1.165, 1.54) is 0 Å². The molecule has 0 atom stereocenters. The number of nitrogens with zero attached hydrogens (tertiary/aromatic N) is 1. The first-order valence-corrected chi connectivity index (χ1v) is 8.74. The Morgan fingerprint density at radius 1 is 1.04 bits per heavy atom. The van der Waals surface area contributed by atoms with Gasteiger partial charge in [0.15, 0.2) is 11.5 Å². The van der Waals surface area contributed by atoms with Gasteiger partial charge in [0.25, 0.3) is 0 Å². The molecule has 0 spiro atoms. The number of carbonyl (C=O) groups is 3. The molecule has 2 heterocycles. The van der Waals surface area contributed by atoms with Gasteiger partial charge in [-0.1, -0.05) is 19.3 Å². The van der Waals surface area contributed by atoms with Gasteiger partial charge in [-0.2, -0.15) is 0 Å². The van der Waals surface area contributed by atoms with Crippen LogP contribution in [0.25, 0.3) is 0 Å². The minimum atomic E-state index is -0.684. The lowest BCUT2D eigenvalue weighted by Gasteiger charge is -2.23. The van der Waals surface area contributed by atoms with Crippen molar-refractivity contribution in [2.45, 2.75) is 38.5 Å². The number of ether oxygens (including phenoxy) is 2. The van der Waals surface area contributed by atoms with E-state index in [1.54, 1.807) is 12.1 Å². The molecule has 0 unspecified atom stereocenters. The molecule has 2 aliphatic heterocycles. The van der Waals surface area contributed by atoms with E-state index < -0.39 is 6.03 Å². The zero-order chi connectivity index (χ0) is 17.4. The fourth-order valence-corrected chi connectivity index (χ4v) is 3.70. The number of imide groups is 2. The van der Waals surface area contributed by atoms with Gasteiger partial charge in [-0.3, -0.25) is 14.9 Å². The summed E-state index contributed by atoms with van der Waals surface area (Å²) in [5, 5.41) is 2.40. The molecule has 1 aliphatic carbocycles. The third kappa shape index (κ3) is 2.94. The average molecular weight is 344 g/mol. The number of nitrogens with one attached hydrogen (secondary N) is 1. The molecule has 1 fully saturated rings. The molecular formula is C18H20N2O5. The van der Waals surface area contributed by atoms with Crippen molar-refractivity contribution >= 4 is 23.5 Å². The van der Waals surface area contributed by atoms with Crippen molar-refractivity contribution in [3.8, 4) is 11.5 Å². The maximum Gasteiger partial charge on any atom is 0.335 e. The summed E-state index contributed by atoms with van der Waals surface area (Å²) in [6, 6.07) is 2.69. The molecule has 25 heavy (non-hydrogen) atoms. The summed E-state index contributed by atoms with van der Waals surface area (Å²) in [5.41, 5.74) is 1.16. The summed E-state index contributed by atoms with van der Waals surface area (Å²) >= 11 is 0. The third-order valence-corrected chi connectivity index (χ3v) is 4.98. The van der Waals surface area contributed by atoms with E-state index in [2.05, 4.69) is 5.32 Å². The maximum absolute atomic E-state index is 12.5. The van der Waals surface area contributed by atoms with Crippen LogP contribution >= 0.6 is 0 Å². The van der Waals surface area contributed by atoms with Crippen molar-refractivity contribution in [1.29, 1.82) is 0 Å². The fourth-order valence-electron chi connectivity index (χ4n) is 3.70. The lowest BCUT2D eigenvalue weighted by Crippen LogP contribution is -2.46. The second kappa shape index (κ2) is 6.38. The van der Waals surface area contributed by atoms with E-state index >= 15 is 0 Å². The number of urea groups is 1. The Bertz CT molecular complexity index is 739. The molecule has 7 nitrogen and oxygen atoms in total. The Hall–Kier alpha value is -2.57. The van der Waals surface area contributed by atoms with Crippen LogP contribution in [-0.2, 0) is 16.0 Å². The second-order valence-corrected chi connectivity index (χ2v) is 6.66. The van der Waals surface area contributed by atoms with Crippen LogP contribution in [0.2, 0.25) is 0 Å². The number of fused-ring (bicyclic) bond motifs is 2. The van der Waals surface area contributed by atoms with Gasteiger partial charge in [0.1, 0.15) is 13.2 Å². The maximum atomic E-state index is 12.5. The summed E-state index contributed by atoms with van der Waals surface area (Å²) in [5.74, 6) is 0.305. The highest BCUT2D eigenvalue weighted by Crippen LogP contribution is 2.40. The van der Waals surface area contributed by atoms with E-state index in [0.717, 1.165) is 37.0 Å². The van der Waals surface area contributed by atoms with Crippen molar-refractivity contribution in [2.75, 3.05) is 18.1 Å². The van der Waals surface area contributed by atoms with Crippen molar-refractivity contribution in [2.24, 2.45) is 5.92 Å². The summed E-state index contributed by atoms with van der Waals surface area (Å²) in [7, 11) is 0. The van der Waals surface area contributed by atoms with Gasteiger partial charge < -0.3 is 9.47 Å². The smallest absolute Gasteiger partial charge is 0.335 e. The van der Waals surface area contributed by atoms with Gasteiger partial charge in [0, 0.05) is 12.0 Å². The average Bonchev–Trinajstić information content (AvgIpc) is 2.95.